The fourth-order valence-electron chi connectivity index (χ4n) is 1.58. The van der Waals surface area contributed by atoms with Crippen molar-refractivity contribution in [1.82, 2.24) is 5.32 Å². The molecular formula is C14H13F2NO2S. The van der Waals surface area contributed by atoms with E-state index in [9.17, 15) is 13.6 Å². The number of ether oxygens (including phenoxy) is 1. The minimum Gasteiger partial charge on any atom is -0.489 e. The van der Waals surface area contributed by atoms with E-state index < -0.39 is 11.6 Å². The van der Waals surface area contributed by atoms with Crippen LogP contribution in [-0.2, 0) is 11.2 Å². The van der Waals surface area contributed by atoms with Crippen LogP contribution in [0.25, 0.3) is 0 Å². The first-order chi connectivity index (χ1) is 9.65. The molecule has 0 fully saturated rings. The summed E-state index contributed by atoms with van der Waals surface area (Å²) in [7, 11) is 0. The summed E-state index contributed by atoms with van der Waals surface area (Å²) in [6, 6.07) is 6.86. The van der Waals surface area contributed by atoms with Crippen LogP contribution in [0.4, 0.5) is 8.78 Å². The molecule has 0 unspecified atom stereocenters. The van der Waals surface area contributed by atoms with Gasteiger partial charge >= 0.3 is 0 Å². The number of carbonyl (C=O) groups excluding carboxylic acids is 1. The van der Waals surface area contributed by atoms with Gasteiger partial charge in [0.25, 0.3) is 0 Å². The van der Waals surface area contributed by atoms with Gasteiger partial charge < -0.3 is 10.1 Å². The minimum absolute atomic E-state index is 0.0288. The van der Waals surface area contributed by atoms with Crippen molar-refractivity contribution in [3.8, 4) is 5.75 Å². The zero-order valence-electron chi connectivity index (χ0n) is 10.6. The molecule has 106 valence electrons. The third-order valence-electron chi connectivity index (χ3n) is 2.49. The van der Waals surface area contributed by atoms with Gasteiger partial charge in [-0.1, -0.05) is 6.07 Å². The number of amides is 1. The number of hydrogen-bond donors (Lipinski definition) is 1. The van der Waals surface area contributed by atoms with Crippen LogP contribution < -0.4 is 10.1 Å². The normalized spacial score (nSPS) is 10.3. The molecule has 1 aromatic carbocycles. The molecule has 1 N–H and O–H groups in total. The van der Waals surface area contributed by atoms with E-state index in [1.807, 2.05) is 17.5 Å². The lowest BCUT2D eigenvalue weighted by atomic mass is 10.3. The summed E-state index contributed by atoms with van der Waals surface area (Å²) >= 11 is 1.51. The van der Waals surface area contributed by atoms with Crippen LogP contribution in [0.2, 0.25) is 0 Å². The van der Waals surface area contributed by atoms with E-state index >= 15 is 0 Å². The van der Waals surface area contributed by atoms with Crippen LogP contribution in [-0.4, -0.2) is 19.1 Å². The molecule has 0 aliphatic carbocycles. The summed E-state index contributed by atoms with van der Waals surface area (Å²) < 4.78 is 31.0. The van der Waals surface area contributed by atoms with Gasteiger partial charge in [-0.3, -0.25) is 4.79 Å². The van der Waals surface area contributed by atoms with Crippen LogP contribution in [0.5, 0.6) is 5.75 Å². The lowest BCUT2D eigenvalue weighted by Crippen LogP contribution is -2.29. The lowest BCUT2D eigenvalue weighted by Gasteiger charge is -2.08. The van der Waals surface area contributed by atoms with Gasteiger partial charge in [0.15, 0.2) is 11.6 Å². The van der Waals surface area contributed by atoms with Crippen molar-refractivity contribution in [3.63, 3.8) is 0 Å². The number of halogens is 2. The second-order valence-electron chi connectivity index (χ2n) is 4.03. The molecule has 0 bridgehead atoms. The van der Waals surface area contributed by atoms with E-state index in [1.54, 1.807) is 0 Å². The standard InChI is InChI=1S/C14H13F2NO2S/c15-10-3-4-13(12(16)8-10)19-6-5-17-14(18)9-11-2-1-7-20-11/h1-4,7-8H,5-6,9H2,(H,17,18). The number of hydrogen-bond acceptors (Lipinski definition) is 3. The molecule has 0 radical (unpaired) electrons. The van der Waals surface area contributed by atoms with Crippen molar-refractivity contribution < 1.29 is 18.3 Å². The summed E-state index contributed by atoms with van der Waals surface area (Å²) in [6.45, 7) is 0.389. The van der Waals surface area contributed by atoms with Crippen LogP contribution in [0.15, 0.2) is 35.7 Å². The van der Waals surface area contributed by atoms with Gasteiger partial charge in [-0.25, -0.2) is 8.78 Å². The van der Waals surface area contributed by atoms with Crippen molar-refractivity contribution in [1.29, 1.82) is 0 Å². The van der Waals surface area contributed by atoms with Gasteiger partial charge in [-0.15, -0.1) is 11.3 Å². The minimum atomic E-state index is -0.755. The molecule has 3 nitrogen and oxygen atoms in total. The quantitative estimate of drug-likeness (QED) is 0.833. The van der Waals surface area contributed by atoms with Crippen LogP contribution in [0.1, 0.15) is 4.88 Å². The van der Waals surface area contributed by atoms with Gasteiger partial charge in [-0.05, 0) is 23.6 Å². The van der Waals surface area contributed by atoms with Gasteiger partial charge in [0.2, 0.25) is 5.91 Å². The van der Waals surface area contributed by atoms with Crippen molar-refractivity contribution in [2.24, 2.45) is 0 Å². The first kappa shape index (κ1) is 14.5. The highest BCUT2D eigenvalue weighted by Gasteiger charge is 2.06. The molecular weight excluding hydrogens is 284 g/mol. The van der Waals surface area contributed by atoms with Crippen molar-refractivity contribution in [2.75, 3.05) is 13.2 Å². The zero-order valence-corrected chi connectivity index (χ0v) is 11.4. The Morgan fingerprint density at radius 3 is 2.85 bits per heavy atom. The highest BCUT2D eigenvalue weighted by Crippen LogP contribution is 2.17. The molecule has 6 heteroatoms. The summed E-state index contributed by atoms with van der Waals surface area (Å²) in [5.74, 6) is -1.55. The maximum Gasteiger partial charge on any atom is 0.225 e. The summed E-state index contributed by atoms with van der Waals surface area (Å²) in [5.41, 5.74) is 0. The van der Waals surface area contributed by atoms with Gasteiger partial charge in [0.1, 0.15) is 12.4 Å². The molecule has 20 heavy (non-hydrogen) atoms. The number of nitrogens with one attached hydrogen (secondary N) is 1. The third kappa shape index (κ3) is 4.31. The van der Waals surface area contributed by atoms with E-state index in [-0.39, 0.29) is 24.8 Å². The molecule has 0 aliphatic heterocycles. The molecule has 2 rings (SSSR count). The lowest BCUT2D eigenvalue weighted by molar-refractivity contribution is -0.120. The van der Waals surface area contributed by atoms with Crippen LogP contribution in [0.3, 0.4) is 0 Å². The Hall–Kier alpha value is -1.95. The largest absolute Gasteiger partial charge is 0.489 e. The Morgan fingerprint density at radius 1 is 1.30 bits per heavy atom. The van der Waals surface area contributed by atoms with E-state index in [1.165, 1.54) is 17.4 Å². The Kier molecular flexibility index (Phi) is 5.06. The topological polar surface area (TPSA) is 38.3 Å². The highest BCUT2D eigenvalue weighted by atomic mass is 32.1. The molecule has 2 aromatic rings. The number of rotatable bonds is 6. The summed E-state index contributed by atoms with van der Waals surface area (Å²) in [5, 5.41) is 4.57. The fourth-order valence-corrected chi connectivity index (χ4v) is 2.28. The Labute approximate surface area is 119 Å². The summed E-state index contributed by atoms with van der Waals surface area (Å²) in [4.78, 5) is 12.5. The molecule has 0 atom stereocenters. The maximum atomic E-state index is 13.2. The predicted octanol–water partition coefficient (Wildman–Crippen LogP) is 2.76. The van der Waals surface area contributed by atoms with E-state index in [0.717, 1.165) is 17.0 Å². The van der Waals surface area contributed by atoms with Gasteiger partial charge in [0, 0.05) is 10.9 Å². The molecule has 0 spiro atoms. The number of benzene rings is 1. The second-order valence-corrected chi connectivity index (χ2v) is 5.06. The van der Waals surface area contributed by atoms with Crippen molar-refractivity contribution in [2.45, 2.75) is 6.42 Å². The van der Waals surface area contributed by atoms with E-state index in [4.69, 9.17) is 4.74 Å². The molecule has 1 heterocycles. The first-order valence-corrected chi connectivity index (χ1v) is 6.90. The number of thiophene rings is 1. The fraction of sp³-hybridized carbons (Fsp3) is 0.214. The van der Waals surface area contributed by atoms with Crippen LogP contribution in [0, 0.1) is 11.6 Å². The Bertz CT molecular complexity index is 573. The third-order valence-corrected chi connectivity index (χ3v) is 3.37. The predicted molar refractivity (Wildman–Crippen MR) is 72.9 cm³/mol. The average molecular weight is 297 g/mol. The van der Waals surface area contributed by atoms with E-state index in [0.29, 0.717) is 6.42 Å². The van der Waals surface area contributed by atoms with Gasteiger partial charge in [0.05, 0.1) is 13.0 Å². The zero-order chi connectivity index (χ0) is 14.4. The monoisotopic (exact) mass is 297 g/mol. The van der Waals surface area contributed by atoms with E-state index in [2.05, 4.69) is 5.32 Å². The SMILES string of the molecule is O=C(Cc1cccs1)NCCOc1ccc(F)cc1F. The average Bonchev–Trinajstić information content (AvgIpc) is 2.89. The molecule has 1 aromatic heterocycles. The molecule has 0 aliphatic rings. The maximum absolute atomic E-state index is 13.2. The van der Waals surface area contributed by atoms with Crippen molar-refractivity contribution in [3.05, 3.63) is 52.2 Å². The van der Waals surface area contributed by atoms with Crippen LogP contribution >= 0.6 is 11.3 Å². The molecule has 1 amide bonds. The summed E-state index contributed by atoms with van der Waals surface area (Å²) in [6.07, 6.45) is 0.322. The molecule has 0 saturated heterocycles. The first-order valence-electron chi connectivity index (χ1n) is 6.02. The Balaban J connectivity index is 1.69. The molecule has 0 saturated carbocycles. The van der Waals surface area contributed by atoms with Crippen molar-refractivity contribution >= 4 is 17.2 Å². The highest BCUT2D eigenvalue weighted by molar-refractivity contribution is 7.10. The smallest absolute Gasteiger partial charge is 0.225 e. The number of carbonyl (C=O) groups is 1. The Morgan fingerprint density at radius 2 is 2.15 bits per heavy atom. The second kappa shape index (κ2) is 7.00. The van der Waals surface area contributed by atoms with Gasteiger partial charge in [-0.2, -0.15) is 0 Å².